The molecule has 0 spiro atoms. The van der Waals surface area contributed by atoms with Crippen LogP contribution in [0, 0.1) is 11.8 Å². The lowest BCUT2D eigenvalue weighted by molar-refractivity contribution is -0.138. The van der Waals surface area contributed by atoms with Crippen molar-refractivity contribution in [1.29, 1.82) is 0 Å². The van der Waals surface area contributed by atoms with Gasteiger partial charge in [-0.25, -0.2) is 0 Å². The van der Waals surface area contributed by atoms with E-state index in [1.807, 2.05) is 31.3 Å². The van der Waals surface area contributed by atoms with Gasteiger partial charge in [0.15, 0.2) is 0 Å². The number of nitrogens with zero attached hydrogens (tertiary/aromatic N) is 1. The van der Waals surface area contributed by atoms with Crippen LogP contribution in [0.5, 0.6) is 0 Å². The largest absolute Gasteiger partial charge is 0.481 e. The molecule has 1 aromatic carbocycles. The highest BCUT2D eigenvalue weighted by atomic mass is 79.9. The lowest BCUT2D eigenvalue weighted by atomic mass is 10.2. The van der Waals surface area contributed by atoms with E-state index in [-0.39, 0.29) is 5.92 Å². The molecule has 0 heterocycles. The van der Waals surface area contributed by atoms with Gasteiger partial charge in [-0.3, -0.25) is 4.79 Å². The predicted octanol–water partition coefficient (Wildman–Crippen LogP) is 2.61. The molecule has 0 saturated heterocycles. The molecular formula is C12H14BrNO2. The highest BCUT2D eigenvalue weighted by molar-refractivity contribution is 9.10. The summed E-state index contributed by atoms with van der Waals surface area (Å²) in [5, 5.41) is 8.83. The average Bonchev–Trinajstić information content (AvgIpc) is 2.97. The van der Waals surface area contributed by atoms with E-state index in [2.05, 4.69) is 20.8 Å². The van der Waals surface area contributed by atoms with E-state index in [0.29, 0.717) is 5.92 Å². The zero-order valence-corrected chi connectivity index (χ0v) is 10.6. The number of aliphatic carboxylic acids is 1. The molecule has 0 bridgehead atoms. The molecule has 1 saturated carbocycles. The van der Waals surface area contributed by atoms with Crippen molar-refractivity contribution in [3.63, 3.8) is 0 Å². The highest BCUT2D eigenvalue weighted by Crippen LogP contribution is 2.40. The number of hydrogen-bond donors (Lipinski definition) is 1. The Balaban J connectivity index is 1.97. The Morgan fingerprint density at radius 1 is 1.56 bits per heavy atom. The van der Waals surface area contributed by atoms with Crippen LogP contribution in [0.25, 0.3) is 0 Å². The van der Waals surface area contributed by atoms with Crippen molar-refractivity contribution in [2.24, 2.45) is 11.8 Å². The van der Waals surface area contributed by atoms with E-state index in [1.54, 1.807) is 0 Å². The van der Waals surface area contributed by atoms with Gasteiger partial charge in [-0.05, 0) is 40.4 Å². The highest BCUT2D eigenvalue weighted by Gasteiger charge is 2.43. The minimum atomic E-state index is -0.662. The number of halogens is 1. The van der Waals surface area contributed by atoms with Crippen LogP contribution >= 0.6 is 15.9 Å². The Morgan fingerprint density at radius 2 is 2.25 bits per heavy atom. The fourth-order valence-electron chi connectivity index (χ4n) is 1.96. The number of para-hydroxylation sites is 1. The first-order valence-corrected chi connectivity index (χ1v) is 6.07. The van der Waals surface area contributed by atoms with Crippen LogP contribution in [-0.2, 0) is 4.79 Å². The molecule has 1 aliphatic carbocycles. The van der Waals surface area contributed by atoms with E-state index >= 15 is 0 Å². The van der Waals surface area contributed by atoms with E-state index in [1.165, 1.54) is 0 Å². The minimum Gasteiger partial charge on any atom is -0.481 e. The molecule has 0 aromatic heterocycles. The number of carboxylic acid groups (broad SMARTS) is 1. The SMILES string of the molecule is CN(CC1CC1C(=O)O)c1ccccc1Br. The van der Waals surface area contributed by atoms with Crippen LogP contribution in [0.4, 0.5) is 5.69 Å². The summed E-state index contributed by atoms with van der Waals surface area (Å²) in [6, 6.07) is 7.98. The van der Waals surface area contributed by atoms with Gasteiger partial charge in [-0.15, -0.1) is 0 Å². The van der Waals surface area contributed by atoms with Crippen molar-refractivity contribution in [2.45, 2.75) is 6.42 Å². The number of benzene rings is 1. The van der Waals surface area contributed by atoms with Gasteiger partial charge in [-0.1, -0.05) is 12.1 Å². The summed E-state index contributed by atoms with van der Waals surface area (Å²) in [4.78, 5) is 12.8. The molecule has 3 nitrogen and oxygen atoms in total. The number of carbonyl (C=O) groups is 1. The van der Waals surface area contributed by atoms with Crippen LogP contribution in [0.2, 0.25) is 0 Å². The molecule has 1 N–H and O–H groups in total. The summed E-state index contributed by atoms with van der Waals surface area (Å²) in [6.07, 6.45) is 0.810. The molecule has 2 unspecified atom stereocenters. The van der Waals surface area contributed by atoms with Gasteiger partial charge in [0.2, 0.25) is 0 Å². The molecule has 1 aliphatic rings. The quantitative estimate of drug-likeness (QED) is 0.924. The number of anilines is 1. The fraction of sp³-hybridized carbons (Fsp3) is 0.417. The second kappa shape index (κ2) is 4.45. The summed E-state index contributed by atoms with van der Waals surface area (Å²) in [5.74, 6) is -0.495. The third-order valence-electron chi connectivity index (χ3n) is 3.01. The van der Waals surface area contributed by atoms with Gasteiger partial charge in [0.25, 0.3) is 0 Å². The summed E-state index contributed by atoms with van der Waals surface area (Å²) in [6.45, 7) is 0.805. The van der Waals surface area contributed by atoms with Crippen LogP contribution < -0.4 is 4.90 Å². The van der Waals surface area contributed by atoms with Crippen molar-refractivity contribution in [1.82, 2.24) is 0 Å². The van der Waals surface area contributed by atoms with E-state index < -0.39 is 5.97 Å². The van der Waals surface area contributed by atoms with Gasteiger partial charge >= 0.3 is 5.97 Å². The van der Waals surface area contributed by atoms with Crippen LogP contribution in [0.1, 0.15) is 6.42 Å². The maximum absolute atomic E-state index is 10.7. The molecule has 0 amide bonds. The first-order valence-electron chi connectivity index (χ1n) is 5.28. The minimum absolute atomic E-state index is 0.134. The fourth-order valence-corrected chi connectivity index (χ4v) is 2.55. The maximum atomic E-state index is 10.7. The summed E-state index contributed by atoms with van der Waals surface area (Å²) < 4.78 is 1.05. The van der Waals surface area contributed by atoms with E-state index in [9.17, 15) is 4.79 Å². The molecule has 86 valence electrons. The zero-order chi connectivity index (χ0) is 11.7. The standard InChI is InChI=1S/C12H14BrNO2/c1-14(7-8-6-9(8)12(15)16)11-5-3-2-4-10(11)13/h2-5,8-9H,6-7H2,1H3,(H,15,16). The van der Waals surface area contributed by atoms with Gasteiger partial charge in [-0.2, -0.15) is 0 Å². The Kier molecular flexibility index (Phi) is 3.19. The molecule has 16 heavy (non-hydrogen) atoms. The number of carboxylic acids is 1. The van der Waals surface area contributed by atoms with Crippen LogP contribution in [-0.4, -0.2) is 24.7 Å². The first kappa shape index (κ1) is 11.5. The van der Waals surface area contributed by atoms with Crippen molar-refractivity contribution < 1.29 is 9.90 Å². The van der Waals surface area contributed by atoms with Crippen LogP contribution in [0.15, 0.2) is 28.7 Å². The van der Waals surface area contributed by atoms with E-state index in [4.69, 9.17) is 5.11 Å². The molecular weight excluding hydrogens is 270 g/mol. The predicted molar refractivity (Wildman–Crippen MR) is 66.6 cm³/mol. The summed E-state index contributed by atoms with van der Waals surface area (Å²) in [7, 11) is 2.00. The van der Waals surface area contributed by atoms with Crippen molar-refractivity contribution in [2.75, 3.05) is 18.5 Å². The molecule has 1 aromatic rings. The van der Waals surface area contributed by atoms with Crippen molar-refractivity contribution >= 4 is 27.6 Å². The second-order valence-corrected chi connectivity index (χ2v) is 5.13. The molecule has 0 radical (unpaired) electrons. The third-order valence-corrected chi connectivity index (χ3v) is 3.68. The zero-order valence-electron chi connectivity index (χ0n) is 9.06. The molecule has 4 heteroatoms. The number of hydrogen-bond acceptors (Lipinski definition) is 2. The summed E-state index contributed by atoms with van der Waals surface area (Å²) >= 11 is 3.49. The van der Waals surface area contributed by atoms with Gasteiger partial charge in [0, 0.05) is 18.1 Å². The average molecular weight is 284 g/mol. The van der Waals surface area contributed by atoms with Crippen LogP contribution in [0.3, 0.4) is 0 Å². The van der Waals surface area contributed by atoms with Crippen molar-refractivity contribution in [3.05, 3.63) is 28.7 Å². The smallest absolute Gasteiger partial charge is 0.306 e. The van der Waals surface area contributed by atoms with E-state index in [0.717, 1.165) is 23.1 Å². The summed E-state index contributed by atoms with van der Waals surface area (Å²) in [5.41, 5.74) is 1.11. The Bertz CT molecular complexity index is 408. The Labute approximate surface area is 103 Å². The first-order chi connectivity index (χ1) is 7.59. The Morgan fingerprint density at radius 3 is 2.81 bits per heavy atom. The maximum Gasteiger partial charge on any atom is 0.306 e. The second-order valence-electron chi connectivity index (χ2n) is 4.27. The monoisotopic (exact) mass is 283 g/mol. The van der Waals surface area contributed by atoms with Gasteiger partial charge in [0.05, 0.1) is 11.6 Å². The molecule has 2 rings (SSSR count). The lowest BCUT2D eigenvalue weighted by Gasteiger charge is -2.20. The molecule has 1 fully saturated rings. The van der Waals surface area contributed by atoms with Gasteiger partial charge < -0.3 is 10.0 Å². The van der Waals surface area contributed by atoms with Crippen molar-refractivity contribution in [3.8, 4) is 0 Å². The third kappa shape index (κ3) is 2.38. The Hall–Kier alpha value is -1.03. The molecule has 0 aliphatic heterocycles. The number of rotatable bonds is 4. The lowest BCUT2D eigenvalue weighted by Crippen LogP contribution is -2.21. The molecule has 2 atom stereocenters. The topological polar surface area (TPSA) is 40.5 Å². The van der Waals surface area contributed by atoms with Gasteiger partial charge in [0.1, 0.15) is 0 Å². The normalized spacial score (nSPS) is 22.9.